The molecule has 0 radical (unpaired) electrons. The fraction of sp³-hybridized carbons (Fsp3) is 1.00. The summed E-state index contributed by atoms with van der Waals surface area (Å²) in [5, 5.41) is 0. The molecule has 0 bridgehead atoms. The number of hydrogen-bond acceptors (Lipinski definition) is 3. The number of unbranched alkanes of at least 4 members (excludes halogenated alkanes) is 22. The number of quaternary nitrogens is 1. The SMILES string of the molecule is CCCCCCCCCCCCCCOC[C@@H](C[N+](C)(C)CCCN)OCCCCCCCCCCCCCC. The zero-order chi connectivity index (χ0) is 29.4. The first-order valence-corrected chi connectivity index (χ1v) is 18.3. The molecule has 0 saturated heterocycles. The van der Waals surface area contributed by atoms with Gasteiger partial charge in [-0.1, -0.05) is 155 Å². The first-order chi connectivity index (χ1) is 19.6. The third kappa shape index (κ3) is 30.8. The van der Waals surface area contributed by atoms with Crippen molar-refractivity contribution in [1.29, 1.82) is 0 Å². The van der Waals surface area contributed by atoms with E-state index in [0.717, 1.165) is 50.4 Å². The van der Waals surface area contributed by atoms with Crippen molar-refractivity contribution in [3.63, 3.8) is 0 Å². The molecule has 0 aliphatic carbocycles. The second-order valence-corrected chi connectivity index (χ2v) is 13.3. The van der Waals surface area contributed by atoms with E-state index in [2.05, 4.69) is 27.9 Å². The molecule has 0 aromatic rings. The lowest BCUT2D eigenvalue weighted by atomic mass is 10.1. The van der Waals surface area contributed by atoms with E-state index in [-0.39, 0.29) is 6.10 Å². The summed E-state index contributed by atoms with van der Waals surface area (Å²) in [4.78, 5) is 0. The first kappa shape index (κ1) is 39.8. The minimum atomic E-state index is 0.192. The highest BCUT2D eigenvalue weighted by atomic mass is 16.5. The molecule has 0 amide bonds. The maximum Gasteiger partial charge on any atom is 0.130 e. The Morgan fingerprint density at radius 1 is 0.500 bits per heavy atom. The van der Waals surface area contributed by atoms with Gasteiger partial charge in [0.05, 0.1) is 27.2 Å². The van der Waals surface area contributed by atoms with Crippen molar-refractivity contribution in [2.24, 2.45) is 5.73 Å². The van der Waals surface area contributed by atoms with E-state index in [1.807, 2.05) is 0 Å². The molecule has 40 heavy (non-hydrogen) atoms. The lowest BCUT2D eigenvalue weighted by Gasteiger charge is -2.33. The number of nitrogens with zero attached hydrogens (tertiary/aromatic N) is 1. The molecule has 0 saturated carbocycles. The van der Waals surface area contributed by atoms with Crippen LogP contribution in [0.4, 0.5) is 0 Å². The van der Waals surface area contributed by atoms with E-state index in [4.69, 9.17) is 15.2 Å². The molecule has 2 N–H and O–H groups in total. The highest BCUT2D eigenvalue weighted by Gasteiger charge is 2.22. The number of rotatable bonds is 34. The lowest BCUT2D eigenvalue weighted by molar-refractivity contribution is -0.893. The summed E-state index contributed by atoms with van der Waals surface area (Å²) in [5.41, 5.74) is 5.78. The van der Waals surface area contributed by atoms with Crippen LogP contribution < -0.4 is 5.73 Å². The van der Waals surface area contributed by atoms with Gasteiger partial charge in [-0.15, -0.1) is 0 Å². The van der Waals surface area contributed by atoms with Gasteiger partial charge < -0.3 is 19.7 Å². The molecule has 0 unspecified atom stereocenters. The maximum atomic E-state index is 6.39. The molecule has 1 atom stereocenters. The van der Waals surface area contributed by atoms with Gasteiger partial charge in [0.2, 0.25) is 0 Å². The fourth-order valence-corrected chi connectivity index (χ4v) is 5.77. The van der Waals surface area contributed by atoms with E-state index in [1.165, 1.54) is 154 Å². The van der Waals surface area contributed by atoms with Gasteiger partial charge in [-0.3, -0.25) is 0 Å². The predicted molar refractivity (Wildman–Crippen MR) is 178 cm³/mol. The van der Waals surface area contributed by atoms with Crippen LogP contribution in [-0.2, 0) is 9.47 Å². The Morgan fingerprint density at radius 3 is 1.27 bits per heavy atom. The van der Waals surface area contributed by atoms with Crippen molar-refractivity contribution in [3.8, 4) is 0 Å². The summed E-state index contributed by atoms with van der Waals surface area (Å²) in [6.45, 7) is 9.96. The Labute approximate surface area is 253 Å². The molecule has 0 aliphatic heterocycles. The number of nitrogens with two attached hydrogens (primary N) is 1. The van der Waals surface area contributed by atoms with E-state index >= 15 is 0 Å². The number of hydrogen-bond donors (Lipinski definition) is 1. The Hall–Kier alpha value is -0.160. The van der Waals surface area contributed by atoms with Crippen LogP contribution in [0, 0.1) is 0 Å². The normalized spacial score (nSPS) is 12.8. The third-order valence-electron chi connectivity index (χ3n) is 8.46. The van der Waals surface area contributed by atoms with Crippen LogP contribution in [-0.4, -0.2) is 64.1 Å². The van der Waals surface area contributed by atoms with E-state index in [1.54, 1.807) is 0 Å². The first-order valence-electron chi connectivity index (χ1n) is 18.3. The molecule has 0 fully saturated rings. The highest BCUT2D eigenvalue weighted by Crippen LogP contribution is 2.14. The fourth-order valence-electron chi connectivity index (χ4n) is 5.77. The zero-order valence-electron chi connectivity index (χ0n) is 28.3. The van der Waals surface area contributed by atoms with Gasteiger partial charge in [-0.2, -0.15) is 0 Å². The minimum absolute atomic E-state index is 0.192. The summed E-state index contributed by atoms with van der Waals surface area (Å²) in [7, 11) is 4.61. The largest absolute Gasteiger partial charge is 0.379 e. The van der Waals surface area contributed by atoms with Crippen LogP contribution in [0.1, 0.15) is 174 Å². The van der Waals surface area contributed by atoms with Gasteiger partial charge >= 0.3 is 0 Å². The topological polar surface area (TPSA) is 44.5 Å². The van der Waals surface area contributed by atoms with Crippen molar-refractivity contribution >= 4 is 0 Å². The van der Waals surface area contributed by atoms with E-state index < -0.39 is 0 Å². The van der Waals surface area contributed by atoms with Crippen LogP contribution in [0.25, 0.3) is 0 Å². The Bertz CT molecular complexity index is 472. The van der Waals surface area contributed by atoms with Crippen molar-refractivity contribution in [2.75, 3.05) is 53.6 Å². The third-order valence-corrected chi connectivity index (χ3v) is 8.46. The summed E-state index contributed by atoms with van der Waals surface area (Å²) in [6, 6.07) is 0. The van der Waals surface area contributed by atoms with Crippen LogP contribution in [0.2, 0.25) is 0 Å². The average Bonchev–Trinajstić information content (AvgIpc) is 2.94. The average molecular weight is 570 g/mol. The lowest BCUT2D eigenvalue weighted by Crippen LogP contribution is -2.48. The summed E-state index contributed by atoms with van der Waals surface area (Å²) in [5.74, 6) is 0. The van der Waals surface area contributed by atoms with Crippen molar-refractivity contribution in [3.05, 3.63) is 0 Å². The molecular formula is C36H77N2O2+. The second-order valence-electron chi connectivity index (χ2n) is 13.3. The summed E-state index contributed by atoms with van der Waals surface area (Å²) >= 11 is 0. The van der Waals surface area contributed by atoms with Crippen molar-refractivity contribution < 1.29 is 14.0 Å². The van der Waals surface area contributed by atoms with Gasteiger partial charge in [0.25, 0.3) is 0 Å². The van der Waals surface area contributed by atoms with Crippen LogP contribution in [0.5, 0.6) is 0 Å². The number of ether oxygens (including phenoxy) is 2. The van der Waals surface area contributed by atoms with Gasteiger partial charge in [0.1, 0.15) is 12.6 Å². The Balaban J connectivity index is 3.89. The minimum Gasteiger partial charge on any atom is -0.379 e. The monoisotopic (exact) mass is 570 g/mol. The highest BCUT2D eigenvalue weighted by molar-refractivity contribution is 4.58. The summed E-state index contributed by atoms with van der Waals surface area (Å²) in [6.07, 6.45) is 34.5. The van der Waals surface area contributed by atoms with Crippen LogP contribution in [0.15, 0.2) is 0 Å². The maximum absolute atomic E-state index is 6.39. The van der Waals surface area contributed by atoms with Gasteiger partial charge in [0, 0.05) is 19.6 Å². The molecule has 0 heterocycles. The molecule has 0 spiro atoms. The van der Waals surface area contributed by atoms with Crippen LogP contribution in [0.3, 0.4) is 0 Å². The Kier molecular flexibility index (Phi) is 31.6. The van der Waals surface area contributed by atoms with Gasteiger partial charge in [0.15, 0.2) is 0 Å². The molecule has 0 aliphatic rings. The molecule has 4 nitrogen and oxygen atoms in total. The summed E-state index contributed by atoms with van der Waals surface area (Å²) < 4.78 is 13.5. The number of likely N-dealkylation sites (N-methyl/N-ethyl adjacent to an activating group) is 1. The molecule has 0 aromatic heterocycles. The Morgan fingerprint density at radius 2 is 0.875 bits per heavy atom. The zero-order valence-corrected chi connectivity index (χ0v) is 28.3. The second kappa shape index (κ2) is 31.8. The standard InChI is InChI=1S/C36H77N2O2/c1-5-7-9-11-13-15-17-19-21-23-25-27-32-39-35-36(34-38(3,4)31-29-30-37)40-33-28-26-24-22-20-18-16-14-12-10-8-6-2/h36H,5-35,37H2,1-4H3/q+1/t36-/m1/s1. The molecule has 4 heteroatoms. The molecule has 0 aromatic carbocycles. The van der Waals surface area contributed by atoms with E-state index in [9.17, 15) is 0 Å². The quantitative estimate of drug-likeness (QED) is 0.0619. The predicted octanol–water partition coefficient (Wildman–Crippen LogP) is 10.2. The van der Waals surface area contributed by atoms with Gasteiger partial charge in [-0.25, -0.2) is 0 Å². The van der Waals surface area contributed by atoms with Crippen LogP contribution >= 0.6 is 0 Å². The van der Waals surface area contributed by atoms with Gasteiger partial charge in [-0.05, 0) is 19.4 Å². The van der Waals surface area contributed by atoms with Crippen molar-refractivity contribution in [1.82, 2.24) is 0 Å². The molecular weight excluding hydrogens is 492 g/mol. The van der Waals surface area contributed by atoms with Crippen molar-refractivity contribution in [2.45, 2.75) is 180 Å². The van der Waals surface area contributed by atoms with E-state index in [0.29, 0.717) is 0 Å². The molecule has 0 rings (SSSR count). The smallest absolute Gasteiger partial charge is 0.130 e. The molecule has 242 valence electrons.